The van der Waals surface area contributed by atoms with E-state index in [1.54, 1.807) is 0 Å². The second kappa shape index (κ2) is 5.01. The van der Waals surface area contributed by atoms with E-state index in [2.05, 4.69) is 30.4 Å². The molecule has 0 saturated carbocycles. The third kappa shape index (κ3) is 2.47. The van der Waals surface area contributed by atoms with Crippen LogP contribution in [0.5, 0.6) is 0 Å². The van der Waals surface area contributed by atoms with Crippen LogP contribution in [0.4, 0.5) is 5.69 Å². The number of amides is 1. The topological polar surface area (TPSA) is 52.9 Å². The van der Waals surface area contributed by atoms with Crippen LogP contribution in [0.25, 0.3) is 0 Å². The van der Waals surface area contributed by atoms with Crippen molar-refractivity contribution in [2.75, 3.05) is 5.32 Å². The van der Waals surface area contributed by atoms with E-state index in [9.17, 15) is 4.79 Å². The highest BCUT2D eigenvalue weighted by atomic mass is 16.1. The minimum Gasteiger partial charge on any atom is -0.326 e. The van der Waals surface area contributed by atoms with Gasteiger partial charge in [0.15, 0.2) is 0 Å². The second-order valence-corrected chi connectivity index (χ2v) is 4.43. The van der Waals surface area contributed by atoms with Crippen LogP contribution in [0, 0.1) is 17.2 Å². The van der Waals surface area contributed by atoms with Gasteiger partial charge in [-0.25, -0.2) is 0 Å². The lowest BCUT2D eigenvalue weighted by Gasteiger charge is -2.24. The molecular weight excluding hydrogens is 212 g/mol. The van der Waals surface area contributed by atoms with E-state index in [4.69, 9.17) is 5.26 Å². The van der Waals surface area contributed by atoms with Gasteiger partial charge in [0.05, 0.1) is 6.07 Å². The number of hydrogen-bond acceptors (Lipinski definition) is 2. The predicted octanol–water partition coefficient (Wildman–Crippen LogP) is 2.66. The van der Waals surface area contributed by atoms with Gasteiger partial charge in [-0.3, -0.25) is 4.79 Å². The molecule has 0 spiro atoms. The largest absolute Gasteiger partial charge is 0.326 e. The Kier molecular flexibility index (Phi) is 3.43. The van der Waals surface area contributed by atoms with E-state index < -0.39 is 0 Å². The Hall–Kier alpha value is -1.82. The summed E-state index contributed by atoms with van der Waals surface area (Å²) in [7, 11) is 0. The number of aryl methyl sites for hydroxylation is 1. The zero-order valence-corrected chi connectivity index (χ0v) is 9.99. The monoisotopic (exact) mass is 228 g/mol. The van der Waals surface area contributed by atoms with E-state index in [0.717, 1.165) is 18.5 Å². The molecule has 1 atom stereocenters. The van der Waals surface area contributed by atoms with Crippen molar-refractivity contribution >= 4 is 11.6 Å². The molecule has 1 aliphatic rings. The van der Waals surface area contributed by atoms with E-state index in [-0.39, 0.29) is 11.8 Å². The standard InChI is InChI=1S/C14H16N2O/c1-2-10-5-6-13-12(8-10)9-11(4-3-7-15)14(17)16-13/h5-6,8,11H,2-4,9H2,1H3,(H,16,17). The fraction of sp³-hybridized carbons (Fsp3) is 0.429. The molecular formula is C14H16N2O. The Morgan fingerprint density at radius 1 is 1.53 bits per heavy atom. The third-order valence-corrected chi connectivity index (χ3v) is 3.28. The Labute approximate surface area is 101 Å². The minimum atomic E-state index is -0.0470. The molecule has 0 saturated heterocycles. The molecule has 1 aliphatic heterocycles. The van der Waals surface area contributed by atoms with Crippen molar-refractivity contribution < 1.29 is 4.79 Å². The van der Waals surface area contributed by atoms with Crippen LogP contribution in [0.2, 0.25) is 0 Å². The SMILES string of the molecule is CCc1ccc2c(c1)CC(CCC#N)C(=O)N2. The maximum absolute atomic E-state index is 11.8. The summed E-state index contributed by atoms with van der Waals surface area (Å²) in [6.45, 7) is 2.12. The Balaban J connectivity index is 2.20. The molecule has 17 heavy (non-hydrogen) atoms. The van der Waals surface area contributed by atoms with Gasteiger partial charge in [-0.05, 0) is 36.5 Å². The van der Waals surface area contributed by atoms with Crippen LogP contribution in [0.1, 0.15) is 30.9 Å². The van der Waals surface area contributed by atoms with Crippen LogP contribution >= 0.6 is 0 Å². The smallest absolute Gasteiger partial charge is 0.227 e. The number of fused-ring (bicyclic) bond motifs is 1. The molecule has 2 rings (SSSR count). The number of nitrogens with zero attached hydrogens (tertiary/aromatic N) is 1. The van der Waals surface area contributed by atoms with E-state index in [1.807, 2.05) is 6.07 Å². The molecule has 1 heterocycles. The first-order valence-electron chi connectivity index (χ1n) is 6.04. The number of anilines is 1. The molecule has 1 unspecified atom stereocenters. The fourth-order valence-corrected chi connectivity index (χ4v) is 2.22. The number of rotatable bonds is 3. The Morgan fingerprint density at radius 3 is 3.06 bits per heavy atom. The zero-order chi connectivity index (χ0) is 12.3. The highest BCUT2D eigenvalue weighted by Gasteiger charge is 2.25. The average molecular weight is 228 g/mol. The van der Waals surface area contributed by atoms with Gasteiger partial charge in [0.2, 0.25) is 5.91 Å². The number of carbonyl (C=O) groups is 1. The van der Waals surface area contributed by atoms with Crippen molar-refractivity contribution in [2.24, 2.45) is 5.92 Å². The van der Waals surface area contributed by atoms with Gasteiger partial charge in [0.1, 0.15) is 0 Å². The molecule has 88 valence electrons. The number of hydrogen-bond donors (Lipinski definition) is 1. The van der Waals surface area contributed by atoms with E-state index in [1.165, 1.54) is 11.1 Å². The summed E-state index contributed by atoms with van der Waals surface area (Å²) >= 11 is 0. The lowest BCUT2D eigenvalue weighted by Crippen LogP contribution is -2.29. The van der Waals surface area contributed by atoms with Crippen LogP contribution < -0.4 is 5.32 Å². The maximum Gasteiger partial charge on any atom is 0.227 e. The van der Waals surface area contributed by atoms with E-state index in [0.29, 0.717) is 12.8 Å². The van der Waals surface area contributed by atoms with Crippen molar-refractivity contribution in [2.45, 2.75) is 32.6 Å². The van der Waals surface area contributed by atoms with Gasteiger partial charge < -0.3 is 5.32 Å². The molecule has 1 aromatic rings. The van der Waals surface area contributed by atoms with Gasteiger partial charge in [-0.1, -0.05) is 19.1 Å². The van der Waals surface area contributed by atoms with Crippen molar-refractivity contribution in [1.29, 1.82) is 5.26 Å². The number of nitrogens with one attached hydrogen (secondary N) is 1. The number of carbonyl (C=O) groups excluding carboxylic acids is 1. The van der Waals surface area contributed by atoms with Gasteiger partial charge >= 0.3 is 0 Å². The van der Waals surface area contributed by atoms with Crippen molar-refractivity contribution in [3.63, 3.8) is 0 Å². The molecule has 0 radical (unpaired) electrons. The lowest BCUT2D eigenvalue weighted by molar-refractivity contribution is -0.120. The normalized spacial score (nSPS) is 18.1. The Bertz CT molecular complexity index is 474. The quantitative estimate of drug-likeness (QED) is 0.864. The van der Waals surface area contributed by atoms with Crippen molar-refractivity contribution in [1.82, 2.24) is 0 Å². The molecule has 1 aromatic carbocycles. The lowest BCUT2D eigenvalue weighted by atomic mass is 9.89. The number of benzene rings is 1. The molecule has 3 heteroatoms. The van der Waals surface area contributed by atoms with Crippen LogP contribution in [0.3, 0.4) is 0 Å². The van der Waals surface area contributed by atoms with Crippen molar-refractivity contribution in [3.8, 4) is 6.07 Å². The second-order valence-electron chi connectivity index (χ2n) is 4.43. The summed E-state index contributed by atoms with van der Waals surface area (Å²) in [5.74, 6) is 0.00579. The van der Waals surface area contributed by atoms with E-state index >= 15 is 0 Å². The minimum absolute atomic E-state index is 0.0470. The summed E-state index contributed by atoms with van der Waals surface area (Å²) in [4.78, 5) is 11.8. The zero-order valence-electron chi connectivity index (χ0n) is 9.99. The van der Waals surface area contributed by atoms with Gasteiger partial charge in [0, 0.05) is 18.0 Å². The highest BCUT2D eigenvalue weighted by molar-refractivity contribution is 5.95. The number of nitriles is 1. The molecule has 0 aliphatic carbocycles. The summed E-state index contributed by atoms with van der Waals surface area (Å²) in [6.07, 6.45) is 2.86. The van der Waals surface area contributed by atoms with Gasteiger partial charge in [-0.15, -0.1) is 0 Å². The first-order valence-corrected chi connectivity index (χ1v) is 6.04. The third-order valence-electron chi connectivity index (χ3n) is 3.28. The maximum atomic E-state index is 11.8. The van der Waals surface area contributed by atoms with Gasteiger partial charge in [-0.2, -0.15) is 5.26 Å². The van der Waals surface area contributed by atoms with Gasteiger partial charge in [0.25, 0.3) is 0 Å². The average Bonchev–Trinajstić information content (AvgIpc) is 2.35. The van der Waals surface area contributed by atoms with Crippen LogP contribution in [-0.2, 0) is 17.6 Å². The fourth-order valence-electron chi connectivity index (χ4n) is 2.22. The molecule has 3 nitrogen and oxygen atoms in total. The molecule has 0 fully saturated rings. The Morgan fingerprint density at radius 2 is 2.35 bits per heavy atom. The summed E-state index contributed by atoms with van der Waals surface area (Å²) in [5.41, 5.74) is 3.42. The predicted molar refractivity (Wildman–Crippen MR) is 66.5 cm³/mol. The summed E-state index contributed by atoms with van der Waals surface area (Å²) < 4.78 is 0. The molecule has 1 N–H and O–H groups in total. The first-order chi connectivity index (χ1) is 8.24. The molecule has 1 amide bonds. The van der Waals surface area contributed by atoms with Crippen LogP contribution in [0.15, 0.2) is 18.2 Å². The molecule has 0 bridgehead atoms. The summed E-state index contributed by atoms with van der Waals surface area (Å²) in [6, 6.07) is 8.29. The van der Waals surface area contributed by atoms with Crippen molar-refractivity contribution in [3.05, 3.63) is 29.3 Å². The van der Waals surface area contributed by atoms with Crippen LogP contribution in [-0.4, -0.2) is 5.91 Å². The highest BCUT2D eigenvalue weighted by Crippen LogP contribution is 2.28. The summed E-state index contributed by atoms with van der Waals surface area (Å²) in [5, 5.41) is 11.5. The molecule has 0 aromatic heterocycles. The first kappa shape index (κ1) is 11.7.